The Morgan fingerprint density at radius 3 is 2.52 bits per heavy atom. The van der Waals surface area contributed by atoms with Gasteiger partial charge in [-0.1, -0.05) is 39.3 Å². The molecule has 3 fully saturated rings. The lowest BCUT2D eigenvalue weighted by Gasteiger charge is -2.58. The minimum absolute atomic E-state index is 0.0718. The van der Waals surface area contributed by atoms with Crippen LogP contribution in [0.5, 0.6) is 0 Å². The predicted octanol–water partition coefficient (Wildman–Crippen LogP) is 4.30. The molecule has 4 nitrogen and oxygen atoms in total. The number of rotatable bonds is 6. The highest BCUT2D eigenvalue weighted by Crippen LogP contribution is 2.67. The Morgan fingerprint density at radius 1 is 1.06 bits per heavy atom. The van der Waals surface area contributed by atoms with E-state index in [4.69, 9.17) is 0 Å². The molecule has 0 aromatic rings. The Balaban J connectivity index is 1.53. The average molecular weight is 435 g/mol. The fourth-order valence-corrected chi connectivity index (χ4v) is 8.69. The van der Waals surface area contributed by atoms with E-state index in [2.05, 4.69) is 26.8 Å². The number of hydrogen-bond donors (Lipinski definition) is 4. The van der Waals surface area contributed by atoms with Gasteiger partial charge in [-0.3, -0.25) is 0 Å². The van der Waals surface area contributed by atoms with E-state index in [1.54, 1.807) is 0 Å². The Morgan fingerprint density at radius 2 is 1.81 bits per heavy atom. The quantitative estimate of drug-likeness (QED) is 0.470. The first-order valence-corrected chi connectivity index (χ1v) is 13.0. The lowest BCUT2D eigenvalue weighted by atomic mass is 9.47. The minimum Gasteiger partial charge on any atom is -0.396 e. The first-order chi connectivity index (χ1) is 14.6. The number of fused-ring (bicyclic) bond motifs is 5. The molecular formula is C27H46O4. The van der Waals surface area contributed by atoms with Gasteiger partial charge >= 0.3 is 0 Å². The van der Waals surface area contributed by atoms with Crippen molar-refractivity contribution in [3.63, 3.8) is 0 Å². The number of aliphatic hydroxyl groups excluding tert-OH is 4. The summed E-state index contributed by atoms with van der Waals surface area (Å²) in [7, 11) is 0. The van der Waals surface area contributed by atoms with Gasteiger partial charge in [0, 0.05) is 6.61 Å². The fraction of sp³-hybridized carbons (Fsp3) is 0.926. The van der Waals surface area contributed by atoms with Gasteiger partial charge < -0.3 is 20.4 Å². The van der Waals surface area contributed by atoms with Gasteiger partial charge in [-0.15, -0.1) is 0 Å². The standard InChI is InChI=1S/C27H46O4/c1-16(15-28)5-8-23(30)17(2)25-24(31)14-22-20-7-6-18-13-19(29)9-11-26(18,3)21(20)10-12-27(22,25)4/h6,16-17,19-25,28-31H,5,7-15H2,1-4H3/t16-,17-,19+,20-,21+,22+,23+,24+,25+,26+,27+/m1/s1. The van der Waals surface area contributed by atoms with Crippen LogP contribution in [0.15, 0.2) is 11.6 Å². The molecule has 11 atom stereocenters. The molecule has 4 rings (SSSR count). The highest BCUT2D eigenvalue weighted by atomic mass is 16.3. The lowest BCUT2D eigenvalue weighted by molar-refractivity contribution is -0.0770. The van der Waals surface area contributed by atoms with Crippen molar-refractivity contribution in [1.82, 2.24) is 0 Å². The predicted molar refractivity (Wildman–Crippen MR) is 123 cm³/mol. The van der Waals surface area contributed by atoms with E-state index < -0.39 is 6.10 Å². The van der Waals surface area contributed by atoms with Crippen LogP contribution in [0.2, 0.25) is 0 Å². The van der Waals surface area contributed by atoms with Crippen molar-refractivity contribution in [3.05, 3.63) is 11.6 Å². The molecule has 3 saturated carbocycles. The fourth-order valence-electron chi connectivity index (χ4n) is 8.69. The Hall–Kier alpha value is -0.420. The highest BCUT2D eigenvalue weighted by Gasteiger charge is 2.62. The molecule has 4 aliphatic carbocycles. The van der Waals surface area contributed by atoms with Gasteiger partial charge in [0.25, 0.3) is 0 Å². The monoisotopic (exact) mass is 434 g/mol. The third-order valence-corrected chi connectivity index (χ3v) is 10.6. The molecule has 0 amide bonds. The molecule has 0 aliphatic heterocycles. The maximum atomic E-state index is 11.2. The first-order valence-electron chi connectivity index (χ1n) is 13.0. The van der Waals surface area contributed by atoms with Gasteiger partial charge in [-0.05, 0) is 104 Å². The molecule has 0 aromatic heterocycles. The molecule has 0 aromatic carbocycles. The van der Waals surface area contributed by atoms with Crippen molar-refractivity contribution >= 4 is 0 Å². The van der Waals surface area contributed by atoms with E-state index in [-0.39, 0.29) is 47.4 Å². The summed E-state index contributed by atoms with van der Waals surface area (Å²) in [5, 5.41) is 41.8. The van der Waals surface area contributed by atoms with Gasteiger partial charge in [0.05, 0.1) is 18.3 Å². The Kier molecular flexibility index (Phi) is 6.69. The second-order valence-electron chi connectivity index (χ2n) is 12.3. The van der Waals surface area contributed by atoms with Crippen molar-refractivity contribution in [2.75, 3.05) is 6.61 Å². The normalized spacial score (nSPS) is 47.5. The number of hydrogen-bond acceptors (Lipinski definition) is 4. The summed E-state index contributed by atoms with van der Waals surface area (Å²) < 4.78 is 0. The number of allylic oxidation sites excluding steroid dienone is 1. The summed E-state index contributed by atoms with van der Waals surface area (Å²) in [5.41, 5.74) is 1.80. The van der Waals surface area contributed by atoms with Crippen LogP contribution in [0.25, 0.3) is 0 Å². The summed E-state index contributed by atoms with van der Waals surface area (Å²) in [6.45, 7) is 9.18. The highest BCUT2D eigenvalue weighted by molar-refractivity contribution is 5.25. The van der Waals surface area contributed by atoms with E-state index in [0.717, 1.165) is 44.9 Å². The van der Waals surface area contributed by atoms with Crippen molar-refractivity contribution in [3.8, 4) is 0 Å². The third kappa shape index (κ3) is 3.94. The van der Waals surface area contributed by atoms with Crippen molar-refractivity contribution in [2.45, 2.75) is 104 Å². The van der Waals surface area contributed by atoms with Crippen molar-refractivity contribution < 1.29 is 20.4 Å². The van der Waals surface area contributed by atoms with E-state index in [9.17, 15) is 20.4 Å². The van der Waals surface area contributed by atoms with E-state index in [1.165, 1.54) is 12.0 Å². The van der Waals surface area contributed by atoms with Gasteiger partial charge in [-0.25, -0.2) is 0 Å². The molecule has 0 radical (unpaired) electrons. The molecule has 0 spiro atoms. The molecule has 0 bridgehead atoms. The van der Waals surface area contributed by atoms with E-state index in [0.29, 0.717) is 24.2 Å². The van der Waals surface area contributed by atoms with Crippen LogP contribution in [-0.4, -0.2) is 45.3 Å². The largest absolute Gasteiger partial charge is 0.396 e. The summed E-state index contributed by atoms with van der Waals surface area (Å²) in [5.74, 6) is 2.22. The summed E-state index contributed by atoms with van der Waals surface area (Å²) >= 11 is 0. The summed E-state index contributed by atoms with van der Waals surface area (Å²) in [4.78, 5) is 0. The van der Waals surface area contributed by atoms with Crippen LogP contribution < -0.4 is 0 Å². The van der Waals surface area contributed by atoms with Crippen LogP contribution in [0.1, 0.15) is 85.5 Å². The lowest BCUT2D eigenvalue weighted by Crippen LogP contribution is -2.51. The molecule has 4 heteroatoms. The second kappa shape index (κ2) is 8.74. The van der Waals surface area contributed by atoms with Crippen LogP contribution in [0.4, 0.5) is 0 Å². The zero-order valence-corrected chi connectivity index (χ0v) is 20.1. The minimum atomic E-state index is -0.419. The second-order valence-corrected chi connectivity index (χ2v) is 12.3. The maximum absolute atomic E-state index is 11.2. The maximum Gasteiger partial charge on any atom is 0.0580 e. The molecule has 31 heavy (non-hydrogen) atoms. The third-order valence-electron chi connectivity index (χ3n) is 10.6. The molecule has 4 aliphatic rings. The van der Waals surface area contributed by atoms with Crippen LogP contribution in [0.3, 0.4) is 0 Å². The van der Waals surface area contributed by atoms with Gasteiger partial charge in [-0.2, -0.15) is 0 Å². The topological polar surface area (TPSA) is 80.9 Å². The van der Waals surface area contributed by atoms with Crippen LogP contribution >= 0.6 is 0 Å². The Labute approximate surface area is 189 Å². The van der Waals surface area contributed by atoms with Gasteiger partial charge in [0.1, 0.15) is 0 Å². The van der Waals surface area contributed by atoms with Crippen molar-refractivity contribution in [2.24, 2.45) is 46.3 Å². The smallest absolute Gasteiger partial charge is 0.0580 e. The molecule has 0 saturated heterocycles. The van der Waals surface area contributed by atoms with Crippen LogP contribution in [0, 0.1) is 46.3 Å². The first kappa shape index (κ1) is 23.7. The SMILES string of the molecule is C[C@@H](CO)CC[C@H](O)[C@@H](C)[C@H]1[C@@H](O)C[C@H]2[C@@H]3CC=C4C[C@@H](O)CC[C@]4(C)[C@H]3CC[C@]12C. The summed E-state index contributed by atoms with van der Waals surface area (Å²) in [6, 6.07) is 0. The van der Waals surface area contributed by atoms with E-state index in [1.807, 2.05) is 6.92 Å². The zero-order chi connectivity index (χ0) is 22.6. The van der Waals surface area contributed by atoms with Crippen LogP contribution in [-0.2, 0) is 0 Å². The molecule has 0 unspecified atom stereocenters. The average Bonchev–Trinajstić information content (AvgIpc) is 3.01. The molecule has 4 N–H and O–H groups in total. The van der Waals surface area contributed by atoms with Crippen molar-refractivity contribution in [1.29, 1.82) is 0 Å². The molecular weight excluding hydrogens is 388 g/mol. The van der Waals surface area contributed by atoms with Gasteiger partial charge in [0.2, 0.25) is 0 Å². The number of aliphatic hydroxyl groups is 4. The molecule has 0 heterocycles. The van der Waals surface area contributed by atoms with E-state index >= 15 is 0 Å². The summed E-state index contributed by atoms with van der Waals surface area (Å²) in [6.07, 6.45) is 10.2. The zero-order valence-electron chi connectivity index (χ0n) is 20.1. The Bertz CT molecular complexity index is 676. The van der Waals surface area contributed by atoms with Gasteiger partial charge in [0.15, 0.2) is 0 Å². The molecule has 178 valence electrons.